The lowest BCUT2D eigenvalue weighted by Crippen LogP contribution is -2.56. The number of pyridine rings is 1. The van der Waals surface area contributed by atoms with Gasteiger partial charge < -0.3 is 30.3 Å². The Morgan fingerprint density at radius 2 is 1.62 bits per heavy atom. The zero-order valence-corrected chi connectivity index (χ0v) is 30.3. The van der Waals surface area contributed by atoms with Crippen LogP contribution in [0.3, 0.4) is 0 Å². The second-order valence-corrected chi connectivity index (χ2v) is 13.3. The van der Waals surface area contributed by atoms with Gasteiger partial charge in [-0.15, -0.1) is 0 Å². The van der Waals surface area contributed by atoms with E-state index in [0.29, 0.717) is 17.5 Å². The molecule has 2 aliphatic carbocycles. The number of rotatable bonds is 15. The fourth-order valence-corrected chi connectivity index (χ4v) is 6.59. The Hall–Kier alpha value is -5.43. The summed E-state index contributed by atoms with van der Waals surface area (Å²) in [5, 5.41) is 30.6. The summed E-state index contributed by atoms with van der Waals surface area (Å²) in [4.78, 5) is 56.4. The van der Waals surface area contributed by atoms with E-state index < -0.39 is 54.1 Å². The molecule has 1 aromatic heterocycles. The molecule has 5 N–H and O–H groups in total. The van der Waals surface area contributed by atoms with Crippen molar-refractivity contribution in [3.63, 3.8) is 0 Å². The van der Waals surface area contributed by atoms with Gasteiger partial charge in [0.1, 0.15) is 36.8 Å². The number of fused-ring (bicyclic) bond motifs is 4. The smallest absolute Gasteiger partial charge is 0.356 e. The molecule has 0 spiro atoms. The molecule has 5 rings (SSSR count). The Labute approximate surface area is 309 Å². The zero-order valence-electron chi connectivity index (χ0n) is 30.3. The van der Waals surface area contributed by atoms with E-state index in [1.807, 2.05) is 62.4 Å². The van der Waals surface area contributed by atoms with Gasteiger partial charge in [-0.05, 0) is 53.6 Å². The molecule has 0 unspecified atom stereocenters. The van der Waals surface area contributed by atoms with E-state index >= 15 is 0 Å². The standard InChI is InChI=1S/C41H46N4O8/c1-7-19-52-40(50)24(5)43-38(48)23(4)42-39(49)35(22(3)8-2)44-33-18-17-30-31(25(6)46)20-34(45-36(30)37(33)47)41(51)53-21-32-28-15-11-9-13-26(28)27-14-10-12-16-29(27)32/h7,9-18,20,22-23,25,32-33,35,37,44,46-47H,1,5,8,19,21H2,2-4,6H3,(H,42,49)(H,43,48)/t22-,23-,25-,33+,35-,37-/m0/s1. The summed E-state index contributed by atoms with van der Waals surface area (Å²) in [6.45, 7) is 13.8. The van der Waals surface area contributed by atoms with Gasteiger partial charge in [-0.25, -0.2) is 14.6 Å². The number of carbonyl (C=O) groups excluding carboxylic acids is 4. The summed E-state index contributed by atoms with van der Waals surface area (Å²) < 4.78 is 10.7. The fourth-order valence-electron chi connectivity index (χ4n) is 6.59. The van der Waals surface area contributed by atoms with Crippen LogP contribution in [0.4, 0.5) is 0 Å². The van der Waals surface area contributed by atoms with E-state index in [9.17, 15) is 29.4 Å². The Balaban J connectivity index is 1.31. The van der Waals surface area contributed by atoms with E-state index in [1.54, 1.807) is 19.1 Å². The van der Waals surface area contributed by atoms with Crippen LogP contribution in [0.2, 0.25) is 0 Å². The molecule has 0 bridgehead atoms. The number of benzene rings is 2. The molecule has 0 fully saturated rings. The summed E-state index contributed by atoms with van der Waals surface area (Å²) >= 11 is 0. The van der Waals surface area contributed by atoms with Crippen molar-refractivity contribution in [2.24, 2.45) is 5.92 Å². The molecule has 0 aliphatic heterocycles. The molecule has 12 nitrogen and oxygen atoms in total. The maximum absolute atomic E-state index is 13.6. The first kappa shape index (κ1) is 38.8. The van der Waals surface area contributed by atoms with Gasteiger partial charge in [0.2, 0.25) is 11.8 Å². The van der Waals surface area contributed by atoms with Crippen molar-refractivity contribution >= 4 is 29.8 Å². The van der Waals surface area contributed by atoms with Gasteiger partial charge in [-0.3, -0.25) is 14.9 Å². The summed E-state index contributed by atoms with van der Waals surface area (Å²) in [6.07, 6.45) is 3.00. The highest BCUT2D eigenvalue weighted by atomic mass is 16.5. The van der Waals surface area contributed by atoms with Gasteiger partial charge in [0.15, 0.2) is 0 Å². The van der Waals surface area contributed by atoms with Gasteiger partial charge in [0, 0.05) is 11.5 Å². The first-order valence-electron chi connectivity index (χ1n) is 17.6. The highest BCUT2D eigenvalue weighted by Crippen LogP contribution is 2.44. The molecule has 2 aliphatic rings. The van der Waals surface area contributed by atoms with Crippen molar-refractivity contribution in [2.75, 3.05) is 13.2 Å². The first-order valence-corrected chi connectivity index (χ1v) is 17.6. The number of nitrogens with one attached hydrogen (secondary N) is 3. The molecule has 1 heterocycles. The number of aliphatic hydroxyl groups is 2. The normalized spacial score (nSPS) is 17.9. The van der Waals surface area contributed by atoms with E-state index in [-0.39, 0.29) is 42.1 Å². The van der Waals surface area contributed by atoms with E-state index in [2.05, 4.69) is 34.1 Å². The third-order valence-electron chi connectivity index (χ3n) is 9.69. The van der Waals surface area contributed by atoms with Crippen LogP contribution in [0, 0.1) is 5.92 Å². The highest BCUT2D eigenvalue weighted by Gasteiger charge is 2.36. The molecule has 3 aromatic rings. The minimum absolute atomic E-state index is 0.0548. The van der Waals surface area contributed by atoms with Gasteiger partial charge in [-0.1, -0.05) is 100 Å². The second kappa shape index (κ2) is 16.9. The van der Waals surface area contributed by atoms with Crippen molar-refractivity contribution in [2.45, 2.75) is 70.4 Å². The number of aromatic nitrogens is 1. The van der Waals surface area contributed by atoms with Crippen molar-refractivity contribution in [3.05, 3.63) is 119 Å². The minimum Gasteiger partial charge on any atom is -0.460 e. The molecule has 53 heavy (non-hydrogen) atoms. The lowest BCUT2D eigenvalue weighted by atomic mass is 9.89. The topological polar surface area (TPSA) is 176 Å². The number of carbonyl (C=O) groups is 4. The predicted octanol–water partition coefficient (Wildman–Crippen LogP) is 4.40. The average Bonchev–Trinajstić information content (AvgIpc) is 3.48. The monoisotopic (exact) mass is 722 g/mol. The third kappa shape index (κ3) is 8.46. The summed E-state index contributed by atoms with van der Waals surface area (Å²) in [7, 11) is 0. The van der Waals surface area contributed by atoms with Gasteiger partial charge in [0.25, 0.3) is 0 Å². The Morgan fingerprint density at radius 3 is 2.23 bits per heavy atom. The SMILES string of the molecule is C=CCOC(=O)C(=C)NC(=O)[C@H](C)NC(=O)[C@@H](N[C@@H]1C=Cc2c([C@H](C)O)cc(C(=O)OCC3c4ccccc4-c4ccccc43)nc2[C@H]1O)[C@@H](C)CC. The zero-order chi connectivity index (χ0) is 38.4. The third-order valence-corrected chi connectivity index (χ3v) is 9.69. The van der Waals surface area contributed by atoms with Crippen LogP contribution in [0.25, 0.3) is 17.2 Å². The Bertz CT molecular complexity index is 1890. The summed E-state index contributed by atoms with van der Waals surface area (Å²) in [5.41, 5.74) is 4.94. The van der Waals surface area contributed by atoms with Gasteiger partial charge in [0.05, 0.1) is 23.9 Å². The molecule has 278 valence electrons. The van der Waals surface area contributed by atoms with Crippen LogP contribution < -0.4 is 16.0 Å². The van der Waals surface area contributed by atoms with E-state index in [0.717, 1.165) is 22.3 Å². The largest absolute Gasteiger partial charge is 0.460 e. The number of ether oxygens (including phenoxy) is 2. The van der Waals surface area contributed by atoms with Crippen molar-refractivity contribution in [1.29, 1.82) is 0 Å². The molecule has 0 radical (unpaired) electrons. The molecule has 6 atom stereocenters. The predicted molar refractivity (Wildman–Crippen MR) is 199 cm³/mol. The molecule has 0 saturated heterocycles. The average molecular weight is 723 g/mol. The van der Waals surface area contributed by atoms with Crippen molar-refractivity contribution < 1.29 is 38.9 Å². The number of hydrogen-bond donors (Lipinski definition) is 5. The van der Waals surface area contributed by atoms with E-state index in [1.165, 1.54) is 19.1 Å². The van der Waals surface area contributed by atoms with Crippen LogP contribution in [0.1, 0.15) is 90.7 Å². The molecule has 2 aromatic carbocycles. The fraction of sp³-hybridized carbons (Fsp3) is 0.341. The molecule has 2 amide bonds. The first-order chi connectivity index (χ1) is 25.4. The molecular weight excluding hydrogens is 676 g/mol. The minimum atomic E-state index is -1.32. The number of nitrogens with zero attached hydrogens (tertiary/aromatic N) is 1. The van der Waals surface area contributed by atoms with E-state index in [4.69, 9.17) is 9.47 Å². The van der Waals surface area contributed by atoms with Crippen LogP contribution in [-0.2, 0) is 23.9 Å². The maximum atomic E-state index is 13.6. The number of amides is 2. The van der Waals surface area contributed by atoms with Crippen LogP contribution >= 0.6 is 0 Å². The van der Waals surface area contributed by atoms with Gasteiger partial charge in [-0.2, -0.15) is 0 Å². The number of aliphatic hydroxyl groups excluding tert-OH is 2. The van der Waals surface area contributed by atoms with Crippen LogP contribution in [0.5, 0.6) is 0 Å². The van der Waals surface area contributed by atoms with Crippen molar-refractivity contribution in [3.8, 4) is 11.1 Å². The quantitative estimate of drug-likeness (QED) is 0.0859. The second-order valence-electron chi connectivity index (χ2n) is 13.3. The van der Waals surface area contributed by atoms with Crippen molar-refractivity contribution in [1.82, 2.24) is 20.9 Å². The number of esters is 2. The summed E-state index contributed by atoms with van der Waals surface area (Å²) in [5.74, 6) is -3.14. The maximum Gasteiger partial charge on any atom is 0.356 e. The molecule has 12 heteroatoms. The lowest BCUT2D eigenvalue weighted by molar-refractivity contribution is -0.139. The number of hydrogen-bond acceptors (Lipinski definition) is 10. The molecule has 0 saturated carbocycles. The summed E-state index contributed by atoms with van der Waals surface area (Å²) in [6, 6.07) is 14.7. The van der Waals surface area contributed by atoms with Gasteiger partial charge >= 0.3 is 11.9 Å². The Kier molecular flexibility index (Phi) is 12.4. The van der Waals surface area contributed by atoms with Crippen LogP contribution in [0.15, 0.2) is 85.6 Å². The highest BCUT2D eigenvalue weighted by molar-refractivity contribution is 5.96. The lowest BCUT2D eigenvalue weighted by Gasteiger charge is -2.33. The Morgan fingerprint density at radius 1 is 0.981 bits per heavy atom. The molecular formula is C41H46N4O8. The van der Waals surface area contributed by atoms with Crippen LogP contribution in [-0.4, -0.2) is 70.3 Å².